The van der Waals surface area contributed by atoms with Crippen molar-refractivity contribution in [3.8, 4) is 6.07 Å². The van der Waals surface area contributed by atoms with E-state index in [2.05, 4.69) is 22.0 Å². The number of halogens is 1. The van der Waals surface area contributed by atoms with Gasteiger partial charge < -0.3 is 9.64 Å². The second-order valence-electron chi connectivity index (χ2n) is 6.21. The molecule has 0 radical (unpaired) electrons. The number of rotatable bonds is 1. The minimum Gasteiger partial charge on any atom is -0.444 e. The molecule has 0 bridgehead atoms. The number of ether oxygens (including phenoxy) is 1. The van der Waals surface area contributed by atoms with E-state index in [1.807, 2.05) is 39.0 Å². The molecule has 0 atom stereocenters. The van der Waals surface area contributed by atoms with Crippen molar-refractivity contribution in [2.75, 3.05) is 13.1 Å². The maximum Gasteiger partial charge on any atom is 0.410 e. The summed E-state index contributed by atoms with van der Waals surface area (Å²) in [5, 5.41) is 8.91. The van der Waals surface area contributed by atoms with Crippen LogP contribution in [0.3, 0.4) is 0 Å². The van der Waals surface area contributed by atoms with E-state index in [9.17, 15) is 4.79 Å². The van der Waals surface area contributed by atoms with Gasteiger partial charge in [-0.1, -0.05) is 28.1 Å². The molecule has 5 heteroatoms. The molecule has 4 nitrogen and oxygen atoms in total. The Morgan fingerprint density at radius 1 is 1.41 bits per heavy atom. The standard InChI is InChI=1S/C17H19BrN2O2/c1-17(2,3)22-16(21)20-8-6-13(7-9-20)14-5-4-12(11-19)10-15(14)18/h4-6,10H,7-9H2,1-3H3. The number of nitrogens with zero attached hydrogens (tertiary/aromatic N) is 2. The molecular formula is C17H19BrN2O2. The zero-order chi connectivity index (χ0) is 16.3. The smallest absolute Gasteiger partial charge is 0.410 e. The van der Waals surface area contributed by atoms with Gasteiger partial charge in [0.1, 0.15) is 5.60 Å². The molecule has 1 aliphatic heterocycles. The molecule has 0 spiro atoms. The van der Waals surface area contributed by atoms with Gasteiger partial charge in [0.05, 0.1) is 11.6 Å². The lowest BCUT2D eigenvalue weighted by atomic mass is 9.98. The lowest BCUT2D eigenvalue weighted by Crippen LogP contribution is -2.39. The second-order valence-corrected chi connectivity index (χ2v) is 7.07. The Morgan fingerprint density at radius 3 is 2.64 bits per heavy atom. The minimum atomic E-state index is -0.475. The van der Waals surface area contributed by atoms with Crippen LogP contribution in [0.2, 0.25) is 0 Å². The largest absolute Gasteiger partial charge is 0.444 e. The predicted octanol–water partition coefficient (Wildman–Crippen LogP) is 4.34. The van der Waals surface area contributed by atoms with Crippen LogP contribution in [0.25, 0.3) is 5.57 Å². The van der Waals surface area contributed by atoms with Crippen molar-refractivity contribution >= 4 is 27.6 Å². The molecular weight excluding hydrogens is 344 g/mol. The Balaban J connectivity index is 2.09. The quantitative estimate of drug-likeness (QED) is 0.746. The summed E-state index contributed by atoms with van der Waals surface area (Å²) in [6, 6.07) is 7.69. The van der Waals surface area contributed by atoms with Crippen LogP contribution in [0, 0.1) is 11.3 Å². The van der Waals surface area contributed by atoms with Gasteiger partial charge in [0.25, 0.3) is 0 Å². The fourth-order valence-electron chi connectivity index (χ4n) is 2.25. The van der Waals surface area contributed by atoms with Crippen LogP contribution in [-0.4, -0.2) is 29.7 Å². The van der Waals surface area contributed by atoms with Crippen LogP contribution < -0.4 is 0 Å². The van der Waals surface area contributed by atoms with E-state index >= 15 is 0 Å². The highest BCUT2D eigenvalue weighted by Gasteiger charge is 2.24. The van der Waals surface area contributed by atoms with Crippen molar-refractivity contribution in [3.63, 3.8) is 0 Å². The first kappa shape index (κ1) is 16.6. The molecule has 1 aliphatic rings. The summed E-state index contributed by atoms with van der Waals surface area (Å²) in [5.41, 5.74) is 2.40. The highest BCUT2D eigenvalue weighted by molar-refractivity contribution is 9.10. The zero-order valence-electron chi connectivity index (χ0n) is 13.0. The fraction of sp³-hybridized carbons (Fsp3) is 0.412. The van der Waals surface area contributed by atoms with E-state index in [0.717, 1.165) is 16.5 Å². The summed E-state index contributed by atoms with van der Waals surface area (Å²) in [6.45, 7) is 6.77. The Hall–Kier alpha value is -1.80. The lowest BCUT2D eigenvalue weighted by molar-refractivity contribution is 0.0270. The Labute approximate surface area is 139 Å². The molecule has 1 aromatic carbocycles. The summed E-state index contributed by atoms with van der Waals surface area (Å²) in [7, 11) is 0. The van der Waals surface area contributed by atoms with E-state index < -0.39 is 5.60 Å². The third-order valence-electron chi connectivity index (χ3n) is 3.30. The molecule has 0 saturated carbocycles. The van der Waals surface area contributed by atoms with Gasteiger partial charge in [-0.25, -0.2) is 4.79 Å². The maximum absolute atomic E-state index is 12.0. The molecule has 0 N–H and O–H groups in total. The highest BCUT2D eigenvalue weighted by atomic mass is 79.9. The minimum absolute atomic E-state index is 0.276. The molecule has 1 aromatic rings. The molecule has 0 fully saturated rings. The Morgan fingerprint density at radius 2 is 2.14 bits per heavy atom. The normalized spacial score (nSPS) is 15.0. The van der Waals surface area contributed by atoms with Crippen LogP contribution in [0.5, 0.6) is 0 Å². The molecule has 0 aliphatic carbocycles. The van der Waals surface area contributed by atoms with Gasteiger partial charge in [-0.2, -0.15) is 5.26 Å². The van der Waals surface area contributed by atoms with Gasteiger partial charge >= 0.3 is 6.09 Å². The van der Waals surface area contributed by atoms with Crippen molar-refractivity contribution in [1.82, 2.24) is 4.90 Å². The molecule has 0 aromatic heterocycles. The monoisotopic (exact) mass is 362 g/mol. The predicted molar refractivity (Wildman–Crippen MR) is 89.3 cm³/mol. The fourth-order valence-corrected chi connectivity index (χ4v) is 2.88. The summed E-state index contributed by atoms with van der Waals surface area (Å²) >= 11 is 3.51. The third-order valence-corrected chi connectivity index (χ3v) is 3.96. The maximum atomic E-state index is 12.0. The SMILES string of the molecule is CC(C)(C)OC(=O)N1CC=C(c2ccc(C#N)cc2Br)CC1. The van der Waals surface area contributed by atoms with E-state index in [4.69, 9.17) is 10.00 Å². The van der Waals surface area contributed by atoms with Gasteiger partial charge in [0, 0.05) is 17.6 Å². The average Bonchev–Trinajstić information content (AvgIpc) is 2.45. The first-order valence-electron chi connectivity index (χ1n) is 7.17. The van der Waals surface area contributed by atoms with E-state index in [1.54, 1.807) is 11.0 Å². The van der Waals surface area contributed by atoms with Crippen molar-refractivity contribution < 1.29 is 9.53 Å². The molecule has 1 amide bonds. The summed E-state index contributed by atoms with van der Waals surface area (Å²) in [5.74, 6) is 0. The average molecular weight is 363 g/mol. The van der Waals surface area contributed by atoms with Gasteiger partial charge in [-0.15, -0.1) is 0 Å². The van der Waals surface area contributed by atoms with Crippen LogP contribution in [0.1, 0.15) is 38.3 Å². The number of hydrogen-bond acceptors (Lipinski definition) is 3. The van der Waals surface area contributed by atoms with Crippen molar-refractivity contribution in [1.29, 1.82) is 5.26 Å². The first-order chi connectivity index (χ1) is 10.3. The van der Waals surface area contributed by atoms with Crippen LogP contribution in [0.4, 0.5) is 4.79 Å². The molecule has 116 valence electrons. The topological polar surface area (TPSA) is 53.3 Å². The van der Waals surface area contributed by atoms with Crippen molar-refractivity contribution in [2.24, 2.45) is 0 Å². The number of hydrogen-bond donors (Lipinski definition) is 0. The molecule has 0 saturated heterocycles. The molecule has 2 rings (SSSR count). The van der Waals surface area contributed by atoms with E-state index in [-0.39, 0.29) is 6.09 Å². The number of nitriles is 1. The van der Waals surface area contributed by atoms with Gasteiger partial charge in [0.2, 0.25) is 0 Å². The van der Waals surface area contributed by atoms with Gasteiger partial charge in [-0.3, -0.25) is 0 Å². The summed E-state index contributed by atoms with van der Waals surface area (Å²) in [6.07, 6.45) is 2.53. The molecule has 1 heterocycles. The number of amides is 1. The first-order valence-corrected chi connectivity index (χ1v) is 7.96. The number of benzene rings is 1. The third kappa shape index (κ3) is 4.11. The molecule has 22 heavy (non-hydrogen) atoms. The summed E-state index contributed by atoms with van der Waals surface area (Å²) < 4.78 is 6.29. The lowest BCUT2D eigenvalue weighted by Gasteiger charge is -2.29. The number of carbonyl (C=O) groups excluding carboxylic acids is 1. The van der Waals surface area contributed by atoms with E-state index in [1.165, 1.54) is 5.57 Å². The molecule has 0 unspecified atom stereocenters. The number of carbonyl (C=O) groups is 1. The van der Waals surface area contributed by atoms with Crippen molar-refractivity contribution in [3.05, 3.63) is 39.9 Å². The second kappa shape index (κ2) is 6.53. The van der Waals surface area contributed by atoms with Crippen molar-refractivity contribution in [2.45, 2.75) is 32.8 Å². The Kier molecular flexibility index (Phi) is 4.92. The van der Waals surface area contributed by atoms with Gasteiger partial charge in [-0.05, 0) is 50.5 Å². The van der Waals surface area contributed by atoms with Crippen LogP contribution in [-0.2, 0) is 4.74 Å². The zero-order valence-corrected chi connectivity index (χ0v) is 14.6. The summed E-state index contributed by atoms with van der Waals surface area (Å²) in [4.78, 5) is 13.7. The van der Waals surface area contributed by atoms with Crippen LogP contribution in [0.15, 0.2) is 28.7 Å². The highest BCUT2D eigenvalue weighted by Crippen LogP contribution is 2.30. The van der Waals surface area contributed by atoms with Crippen LogP contribution >= 0.6 is 15.9 Å². The Bertz CT molecular complexity index is 654. The van der Waals surface area contributed by atoms with E-state index in [0.29, 0.717) is 18.7 Å². The van der Waals surface area contributed by atoms with Gasteiger partial charge in [0.15, 0.2) is 0 Å².